The van der Waals surface area contributed by atoms with Crippen molar-refractivity contribution in [1.82, 2.24) is 9.55 Å². The van der Waals surface area contributed by atoms with Crippen molar-refractivity contribution in [3.63, 3.8) is 0 Å². The highest BCUT2D eigenvalue weighted by Gasteiger charge is 2.32. The predicted molar refractivity (Wildman–Crippen MR) is 63.2 cm³/mol. The van der Waals surface area contributed by atoms with Crippen molar-refractivity contribution in [2.75, 3.05) is 25.8 Å². The van der Waals surface area contributed by atoms with Crippen molar-refractivity contribution < 1.29 is 18.3 Å². The number of aromatic nitrogens is 2. The van der Waals surface area contributed by atoms with E-state index >= 15 is 0 Å². The minimum absolute atomic E-state index is 0.0991. The van der Waals surface area contributed by atoms with E-state index < -0.39 is 13.3 Å². The molecule has 1 fully saturated rings. The molecule has 1 saturated heterocycles. The fourth-order valence-electron chi connectivity index (χ4n) is 1.49. The standard InChI is InChI=1S/C9H14N3O5P/c1-15-18(14)6-16-7(5-17-18)4-12-3-2-8(10)11-9(12)13/h2-3,7H,4-6H2,1H3,(H2,10,11,13). The SMILES string of the molecule is COP1(=O)COC(Cn2ccc(N)nc2=O)CO1. The average molecular weight is 275 g/mol. The average Bonchev–Trinajstić information content (AvgIpc) is 2.36. The summed E-state index contributed by atoms with van der Waals surface area (Å²) < 4.78 is 28.2. The highest BCUT2D eigenvalue weighted by Crippen LogP contribution is 2.49. The van der Waals surface area contributed by atoms with Crippen LogP contribution in [-0.4, -0.2) is 35.7 Å². The Morgan fingerprint density at radius 3 is 3.06 bits per heavy atom. The van der Waals surface area contributed by atoms with Crippen molar-refractivity contribution in [3.05, 3.63) is 22.7 Å². The van der Waals surface area contributed by atoms with Crippen LogP contribution in [0.5, 0.6) is 0 Å². The summed E-state index contributed by atoms with van der Waals surface area (Å²) >= 11 is 0. The summed E-state index contributed by atoms with van der Waals surface area (Å²) in [4.78, 5) is 15.1. The van der Waals surface area contributed by atoms with Crippen LogP contribution < -0.4 is 11.4 Å². The number of anilines is 1. The number of nitrogens with zero attached hydrogens (tertiary/aromatic N) is 2. The Kier molecular flexibility index (Phi) is 3.82. The largest absolute Gasteiger partial charge is 0.383 e. The molecule has 2 atom stereocenters. The molecular weight excluding hydrogens is 261 g/mol. The molecule has 1 aromatic rings. The molecular formula is C9H14N3O5P. The smallest absolute Gasteiger partial charge is 0.355 e. The van der Waals surface area contributed by atoms with Gasteiger partial charge in [-0.25, -0.2) is 4.79 Å². The van der Waals surface area contributed by atoms with Gasteiger partial charge >= 0.3 is 13.3 Å². The zero-order valence-electron chi connectivity index (χ0n) is 9.81. The molecule has 1 aliphatic heterocycles. The first-order valence-electron chi connectivity index (χ1n) is 5.26. The maximum atomic E-state index is 11.6. The molecule has 0 spiro atoms. The van der Waals surface area contributed by atoms with Gasteiger partial charge in [0.2, 0.25) is 0 Å². The molecule has 1 aromatic heterocycles. The topological polar surface area (TPSA) is 106 Å². The molecule has 0 radical (unpaired) electrons. The van der Waals surface area contributed by atoms with Crippen molar-refractivity contribution in [1.29, 1.82) is 0 Å². The summed E-state index contributed by atoms with van der Waals surface area (Å²) in [5.41, 5.74) is 4.92. The Bertz CT molecular complexity index is 519. The molecule has 0 saturated carbocycles. The molecule has 8 nitrogen and oxygen atoms in total. The van der Waals surface area contributed by atoms with Gasteiger partial charge in [0.05, 0.1) is 13.2 Å². The maximum Gasteiger partial charge on any atom is 0.355 e. The second-order valence-electron chi connectivity index (χ2n) is 3.79. The van der Waals surface area contributed by atoms with Gasteiger partial charge in [-0.2, -0.15) is 4.98 Å². The summed E-state index contributed by atoms with van der Waals surface area (Å²) in [7, 11) is -1.80. The van der Waals surface area contributed by atoms with Crippen LogP contribution in [0, 0.1) is 0 Å². The van der Waals surface area contributed by atoms with E-state index in [0.29, 0.717) is 0 Å². The Morgan fingerprint density at radius 1 is 1.72 bits per heavy atom. The van der Waals surface area contributed by atoms with E-state index in [0.717, 1.165) is 0 Å². The zero-order valence-corrected chi connectivity index (χ0v) is 10.7. The lowest BCUT2D eigenvalue weighted by Crippen LogP contribution is -2.35. The summed E-state index contributed by atoms with van der Waals surface area (Å²) in [6.07, 6.45) is 1.04. The normalized spacial score (nSPS) is 28.2. The first-order valence-corrected chi connectivity index (χ1v) is 6.99. The summed E-state index contributed by atoms with van der Waals surface area (Å²) in [5.74, 6) is 0.168. The Hall–Kier alpha value is -1.21. The van der Waals surface area contributed by atoms with Crippen LogP contribution in [0.1, 0.15) is 0 Å². The van der Waals surface area contributed by atoms with Gasteiger partial charge in [-0.3, -0.25) is 9.13 Å². The number of rotatable bonds is 3. The first kappa shape index (κ1) is 13.2. The van der Waals surface area contributed by atoms with E-state index in [1.165, 1.54) is 23.9 Å². The van der Waals surface area contributed by atoms with Crippen LogP contribution in [0.15, 0.2) is 17.1 Å². The summed E-state index contributed by atoms with van der Waals surface area (Å²) in [6, 6.07) is 1.52. The van der Waals surface area contributed by atoms with Crippen LogP contribution in [0.25, 0.3) is 0 Å². The summed E-state index contributed by atoms with van der Waals surface area (Å²) in [5, 5.41) is 0. The van der Waals surface area contributed by atoms with Crippen molar-refractivity contribution >= 4 is 13.4 Å². The van der Waals surface area contributed by atoms with Crippen LogP contribution in [0.4, 0.5) is 5.82 Å². The Balaban J connectivity index is 2.00. The molecule has 2 heterocycles. The van der Waals surface area contributed by atoms with Gasteiger partial charge in [0.25, 0.3) is 0 Å². The number of hydrogen-bond acceptors (Lipinski definition) is 7. The van der Waals surface area contributed by atoms with Crippen LogP contribution in [-0.2, 0) is 24.9 Å². The van der Waals surface area contributed by atoms with Gasteiger partial charge in [-0.15, -0.1) is 0 Å². The molecule has 2 rings (SSSR count). The molecule has 0 amide bonds. The second kappa shape index (κ2) is 5.19. The van der Waals surface area contributed by atoms with E-state index in [9.17, 15) is 9.36 Å². The molecule has 0 bridgehead atoms. The molecule has 0 aliphatic carbocycles. The molecule has 18 heavy (non-hydrogen) atoms. The monoisotopic (exact) mass is 275 g/mol. The lowest BCUT2D eigenvalue weighted by molar-refractivity contribution is -0.0115. The molecule has 1 aliphatic rings. The lowest BCUT2D eigenvalue weighted by Gasteiger charge is -2.28. The van der Waals surface area contributed by atoms with E-state index in [1.807, 2.05) is 0 Å². The van der Waals surface area contributed by atoms with Crippen molar-refractivity contribution in [3.8, 4) is 0 Å². The predicted octanol–water partition coefficient (Wildman–Crippen LogP) is 0.0379. The number of hydrogen-bond donors (Lipinski definition) is 1. The fourth-order valence-corrected chi connectivity index (χ4v) is 2.56. The van der Waals surface area contributed by atoms with E-state index in [4.69, 9.17) is 19.5 Å². The van der Waals surface area contributed by atoms with Gasteiger partial charge in [-0.05, 0) is 6.07 Å². The fraction of sp³-hybridized carbons (Fsp3) is 0.556. The first-order chi connectivity index (χ1) is 8.52. The van der Waals surface area contributed by atoms with E-state index in [-0.39, 0.29) is 31.4 Å². The van der Waals surface area contributed by atoms with Gasteiger partial charge in [0.1, 0.15) is 18.3 Å². The number of ether oxygens (including phenoxy) is 1. The van der Waals surface area contributed by atoms with Crippen LogP contribution in [0.3, 0.4) is 0 Å². The molecule has 100 valence electrons. The third kappa shape index (κ3) is 2.97. The highest BCUT2D eigenvalue weighted by atomic mass is 31.2. The quantitative estimate of drug-likeness (QED) is 0.776. The molecule has 9 heteroatoms. The molecule has 2 N–H and O–H groups in total. The maximum absolute atomic E-state index is 11.6. The Labute approximate surface area is 103 Å². The van der Waals surface area contributed by atoms with Crippen molar-refractivity contribution in [2.45, 2.75) is 12.6 Å². The van der Waals surface area contributed by atoms with Gasteiger partial charge in [0, 0.05) is 13.3 Å². The summed E-state index contributed by atoms with van der Waals surface area (Å²) in [6.45, 7) is 0.359. The van der Waals surface area contributed by atoms with E-state index in [1.54, 1.807) is 0 Å². The zero-order chi connectivity index (χ0) is 13.2. The minimum Gasteiger partial charge on any atom is -0.383 e. The van der Waals surface area contributed by atoms with Crippen molar-refractivity contribution in [2.24, 2.45) is 0 Å². The molecule has 0 aromatic carbocycles. The van der Waals surface area contributed by atoms with Gasteiger partial charge in [0.15, 0.2) is 0 Å². The lowest BCUT2D eigenvalue weighted by atomic mass is 10.3. The highest BCUT2D eigenvalue weighted by molar-refractivity contribution is 7.53. The van der Waals surface area contributed by atoms with Gasteiger partial charge in [-0.1, -0.05) is 0 Å². The number of nitrogens with two attached hydrogens (primary N) is 1. The second-order valence-corrected chi connectivity index (χ2v) is 5.90. The number of nitrogen functional groups attached to an aromatic ring is 1. The third-order valence-electron chi connectivity index (χ3n) is 2.50. The molecule has 2 unspecified atom stereocenters. The third-order valence-corrected chi connectivity index (χ3v) is 4.06. The van der Waals surface area contributed by atoms with Gasteiger partial charge < -0.3 is 19.5 Å². The van der Waals surface area contributed by atoms with E-state index in [2.05, 4.69) is 4.98 Å². The van der Waals surface area contributed by atoms with Crippen LogP contribution >= 0.6 is 7.60 Å². The Morgan fingerprint density at radius 2 is 2.50 bits per heavy atom. The van der Waals surface area contributed by atoms with Crippen LogP contribution in [0.2, 0.25) is 0 Å². The minimum atomic E-state index is -3.10.